The van der Waals surface area contributed by atoms with Crippen molar-refractivity contribution >= 4 is 12.4 Å². The van der Waals surface area contributed by atoms with Gasteiger partial charge in [-0.25, -0.2) is 4.39 Å². The fraction of sp³-hybridized carbons (Fsp3) is 0.333. The summed E-state index contributed by atoms with van der Waals surface area (Å²) in [6.07, 6.45) is 0.873. The van der Waals surface area contributed by atoms with Gasteiger partial charge < -0.3 is 19.9 Å². The highest BCUT2D eigenvalue weighted by Gasteiger charge is 2.14. The number of nitrogens with one attached hydrogen (secondary N) is 1. The Bertz CT molecular complexity index is 681. The predicted molar refractivity (Wildman–Crippen MR) is 92.2 cm³/mol. The summed E-state index contributed by atoms with van der Waals surface area (Å²) in [6, 6.07) is 10.7. The third-order valence-electron chi connectivity index (χ3n) is 3.79. The van der Waals surface area contributed by atoms with E-state index in [-0.39, 0.29) is 24.8 Å². The van der Waals surface area contributed by atoms with E-state index in [0.29, 0.717) is 31.9 Å². The first kappa shape index (κ1) is 18.5. The number of benzene rings is 2. The molecule has 0 radical (unpaired) electrons. The lowest BCUT2D eigenvalue weighted by Crippen LogP contribution is -2.14. The number of aliphatic hydroxyl groups excluding tert-OH is 1. The van der Waals surface area contributed by atoms with Crippen LogP contribution in [0.4, 0.5) is 4.39 Å². The van der Waals surface area contributed by atoms with Crippen molar-refractivity contribution in [2.24, 2.45) is 0 Å². The molecule has 4 nitrogen and oxygen atoms in total. The summed E-state index contributed by atoms with van der Waals surface area (Å²) >= 11 is 0. The minimum atomic E-state index is -0.378. The molecule has 0 fully saturated rings. The van der Waals surface area contributed by atoms with Crippen molar-refractivity contribution in [2.75, 3.05) is 13.2 Å². The van der Waals surface area contributed by atoms with Gasteiger partial charge >= 0.3 is 0 Å². The van der Waals surface area contributed by atoms with Crippen molar-refractivity contribution in [2.45, 2.75) is 26.1 Å². The lowest BCUT2D eigenvalue weighted by Gasteiger charge is -2.13. The summed E-state index contributed by atoms with van der Waals surface area (Å²) in [6.45, 7) is 2.17. The standard InChI is InChI=1S/C18H20FNO3.ClH/c19-16-9-13(5-6-15(16)12-21)10-20-11-14-3-1-4-17-18(14)23-8-2-7-22-17;/h1,3-6,9,20-21H,2,7-8,10-12H2;1H. The van der Waals surface area contributed by atoms with E-state index in [1.54, 1.807) is 6.07 Å². The largest absolute Gasteiger partial charge is 0.490 e. The first-order valence-corrected chi connectivity index (χ1v) is 7.74. The Kier molecular flexibility index (Phi) is 6.85. The Labute approximate surface area is 147 Å². The van der Waals surface area contributed by atoms with Crippen molar-refractivity contribution in [3.05, 3.63) is 58.9 Å². The zero-order valence-electron chi connectivity index (χ0n) is 13.3. The normalized spacial score (nSPS) is 13.1. The van der Waals surface area contributed by atoms with Gasteiger partial charge in [0.15, 0.2) is 11.5 Å². The molecule has 0 saturated heterocycles. The summed E-state index contributed by atoms with van der Waals surface area (Å²) in [5.41, 5.74) is 2.17. The van der Waals surface area contributed by atoms with Gasteiger partial charge in [-0.1, -0.05) is 24.3 Å². The number of aliphatic hydroxyl groups is 1. The quantitative estimate of drug-likeness (QED) is 0.866. The minimum absolute atomic E-state index is 0. The van der Waals surface area contributed by atoms with Crippen LogP contribution in [0.3, 0.4) is 0 Å². The van der Waals surface area contributed by atoms with Crippen LogP contribution >= 0.6 is 12.4 Å². The number of hydrogen-bond donors (Lipinski definition) is 2. The van der Waals surface area contributed by atoms with Crippen LogP contribution < -0.4 is 14.8 Å². The van der Waals surface area contributed by atoms with Crippen LogP contribution in [0.15, 0.2) is 36.4 Å². The SMILES string of the molecule is Cl.OCc1ccc(CNCc2cccc3c2OCCCO3)cc1F. The Balaban J connectivity index is 0.00000208. The molecule has 1 heterocycles. The molecule has 2 N–H and O–H groups in total. The molecule has 0 atom stereocenters. The van der Waals surface area contributed by atoms with E-state index >= 15 is 0 Å². The van der Waals surface area contributed by atoms with E-state index in [4.69, 9.17) is 14.6 Å². The molecule has 0 saturated carbocycles. The lowest BCUT2D eigenvalue weighted by atomic mass is 10.1. The van der Waals surface area contributed by atoms with Gasteiger partial charge in [0.25, 0.3) is 0 Å². The molecule has 0 aliphatic carbocycles. The third-order valence-corrected chi connectivity index (χ3v) is 3.79. The van der Waals surface area contributed by atoms with E-state index in [2.05, 4.69) is 5.32 Å². The Morgan fingerprint density at radius 3 is 2.67 bits per heavy atom. The van der Waals surface area contributed by atoms with Gasteiger partial charge in [-0.2, -0.15) is 0 Å². The molecular formula is C18H21ClFNO3. The van der Waals surface area contributed by atoms with Crippen molar-refractivity contribution in [3.63, 3.8) is 0 Å². The molecule has 2 aromatic rings. The number of halogens is 2. The van der Waals surface area contributed by atoms with Crippen LogP contribution in [0.2, 0.25) is 0 Å². The average molecular weight is 354 g/mol. The van der Waals surface area contributed by atoms with E-state index in [1.807, 2.05) is 24.3 Å². The summed E-state index contributed by atoms with van der Waals surface area (Å²) in [5, 5.41) is 12.3. The second-order valence-electron chi connectivity index (χ2n) is 5.48. The highest BCUT2D eigenvalue weighted by molar-refractivity contribution is 5.85. The van der Waals surface area contributed by atoms with Crippen LogP contribution in [0.5, 0.6) is 11.5 Å². The number of ether oxygens (including phenoxy) is 2. The van der Waals surface area contributed by atoms with Crippen molar-refractivity contribution < 1.29 is 19.0 Å². The summed E-state index contributed by atoms with van der Waals surface area (Å²) in [5.74, 6) is 1.19. The van der Waals surface area contributed by atoms with Crippen molar-refractivity contribution in [1.29, 1.82) is 0 Å². The molecule has 0 bridgehead atoms. The van der Waals surface area contributed by atoms with E-state index in [9.17, 15) is 4.39 Å². The molecule has 1 aliphatic rings. The van der Waals surface area contributed by atoms with Gasteiger partial charge in [0.05, 0.1) is 19.8 Å². The summed E-state index contributed by atoms with van der Waals surface area (Å²) in [7, 11) is 0. The highest BCUT2D eigenvalue weighted by atomic mass is 35.5. The smallest absolute Gasteiger partial charge is 0.165 e. The monoisotopic (exact) mass is 353 g/mol. The van der Waals surface area contributed by atoms with E-state index in [1.165, 1.54) is 6.07 Å². The number of hydrogen-bond acceptors (Lipinski definition) is 4. The molecule has 1 aliphatic heterocycles. The predicted octanol–water partition coefficient (Wildman–Crippen LogP) is 3.19. The van der Waals surface area contributed by atoms with Crippen LogP contribution in [0, 0.1) is 5.82 Å². The number of rotatable bonds is 5. The van der Waals surface area contributed by atoms with Gasteiger partial charge in [0.1, 0.15) is 5.82 Å². The first-order valence-electron chi connectivity index (χ1n) is 7.74. The zero-order valence-corrected chi connectivity index (χ0v) is 14.1. The molecule has 130 valence electrons. The minimum Gasteiger partial charge on any atom is -0.490 e. The maximum absolute atomic E-state index is 13.6. The number of fused-ring (bicyclic) bond motifs is 1. The third kappa shape index (κ3) is 4.38. The van der Waals surface area contributed by atoms with Crippen molar-refractivity contribution in [1.82, 2.24) is 5.32 Å². The summed E-state index contributed by atoms with van der Waals surface area (Å²) in [4.78, 5) is 0. The van der Waals surface area contributed by atoms with Crippen LogP contribution in [-0.2, 0) is 19.7 Å². The maximum atomic E-state index is 13.6. The van der Waals surface area contributed by atoms with Gasteiger partial charge in [-0.15, -0.1) is 12.4 Å². The molecule has 6 heteroatoms. The maximum Gasteiger partial charge on any atom is 0.165 e. The van der Waals surface area contributed by atoms with E-state index in [0.717, 1.165) is 29.0 Å². The van der Waals surface area contributed by atoms with Gasteiger partial charge in [-0.3, -0.25) is 0 Å². The molecule has 0 amide bonds. The first-order chi connectivity index (χ1) is 11.3. The number of para-hydroxylation sites is 1. The fourth-order valence-electron chi connectivity index (χ4n) is 2.56. The highest BCUT2D eigenvalue weighted by Crippen LogP contribution is 2.33. The topological polar surface area (TPSA) is 50.7 Å². The molecule has 0 aromatic heterocycles. The molecular weight excluding hydrogens is 333 g/mol. The van der Waals surface area contributed by atoms with Crippen LogP contribution in [0.1, 0.15) is 23.1 Å². The Morgan fingerprint density at radius 2 is 1.88 bits per heavy atom. The molecule has 24 heavy (non-hydrogen) atoms. The lowest BCUT2D eigenvalue weighted by molar-refractivity contribution is 0.275. The molecule has 3 rings (SSSR count). The van der Waals surface area contributed by atoms with E-state index < -0.39 is 0 Å². The van der Waals surface area contributed by atoms with Crippen molar-refractivity contribution in [3.8, 4) is 11.5 Å². The Morgan fingerprint density at radius 1 is 1.04 bits per heavy atom. The second kappa shape index (κ2) is 8.87. The molecule has 2 aromatic carbocycles. The fourth-order valence-corrected chi connectivity index (χ4v) is 2.56. The molecule has 0 unspecified atom stereocenters. The van der Waals surface area contributed by atoms with Crippen LogP contribution in [-0.4, -0.2) is 18.3 Å². The van der Waals surface area contributed by atoms with Gasteiger partial charge in [0.2, 0.25) is 0 Å². The summed E-state index contributed by atoms with van der Waals surface area (Å²) < 4.78 is 25.1. The zero-order chi connectivity index (χ0) is 16.1. The molecule has 0 spiro atoms. The van der Waals surface area contributed by atoms with Gasteiger partial charge in [0, 0.05) is 30.6 Å². The second-order valence-corrected chi connectivity index (χ2v) is 5.48. The Hall–Kier alpha value is -1.82. The van der Waals surface area contributed by atoms with Gasteiger partial charge in [-0.05, 0) is 17.7 Å². The van der Waals surface area contributed by atoms with Crippen LogP contribution in [0.25, 0.3) is 0 Å². The average Bonchev–Trinajstić information content (AvgIpc) is 2.81.